The zero-order valence-corrected chi connectivity index (χ0v) is 12.2. The van der Waals surface area contributed by atoms with Crippen molar-refractivity contribution < 1.29 is 5.11 Å². The van der Waals surface area contributed by atoms with Crippen LogP contribution in [0.3, 0.4) is 0 Å². The highest BCUT2D eigenvalue weighted by atomic mass is 127. The van der Waals surface area contributed by atoms with Crippen molar-refractivity contribution in [3.05, 3.63) is 34.9 Å². The van der Waals surface area contributed by atoms with Gasteiger partial charge in [0.25, 0.3) is 0 Å². The van der Waals surface area contributed by atoms with E-state index < -0.39 is 5.60 Å². The number of nitrogens with zero attached hydrogens (tertiary/aromatic N) is 4. The molecule has 2 aromatic rings. The standard InChI is InChI=1S/C11H13IN5O/c1-11(2,18)7-17-6-9(5-15-17)16-10-13-3-8(12)4-14-10/h3-7,18H,1-2H3,(H,13,14,16). The molecule has 0 aliphatic rings. The van der Waals surface area contributed by atoms with Crippen LogP contribution in [-0.2, 0) is 0 Å². The van der Waals surface area contributed by atoms with Crippen LogP contribution in [0.15, 0.2) is 24.8 Å². The van der Waals surface area contributed by atoms with Gasteiger partial charge >= 0.3 is 0 Å². The van der Waals surface area contributed by atoms with Crippen molar-refractivity contribution in [1.82, 2.24) is 19.7 Å². The molecule has 0 saturated heterocycles. The summed E-state index contributed by atoms with van der Waals surface area (Å²) in [5, 5.41) is 16.8. The summed E-state index contributed by atoms with van der Waals surface area (Å²) in [7, 11) is 0. The molecule has 0 unspecified atom stereocenters. The number of aliphatic hydroxyl groups is 1. The van der Waals surface area contributed by atoms with Gasteiger partial charge in [-0.15, -0.1) is 0 Å². The van der Waals surface area contributed by atoms with E-state index in [-0.39, 0.29) is 0 Å². The molecular formula is C11H13IN5O. The fourth-order valence-electron chi connectivity index (χ4n) is 1.30. The summed E-state index contributed by atoms with van der Waals surface area (Å²) < 4.78 is 2.53. The van der Waals surface area contributed by atoms with Gasteiger partial charge in [-0.25, -0.2) is 9.97 Å². The van der Waals surface area contributed by atoms with Crippen molar-refractivity contribution in [2.75, 3.05) is 5.32 Å². The summed E-state index contributed by atoms with van der Waals surface area (Å²) in [6.45, 7) is 4.97. The quantitative estimate of drug-likeness (QED) is 0.816. The Morgan fingerprint density at radius 1 is 1.33 bits per heavy atom. The molecule has 6 nitrogen and oxygen atoms in total. The number of aromatic nitrogens is 4. The number of nitrogens with one attached hydrogen (secondary N) is 1. The Morgan fingerprint density at radius 2 is 2.00 bits per heavy atom. The first-order valence-corrected chi connectivity index (χ1v) is 6.37. The molecule has 0 bridgehead atoms. The lowest BCUT2D eigenvalue weighted by Crippen LogP contribution is -2.23. The third kappa shape index (κ3) is 3.91. The molecule has 18 heavy (non-hydrogen) atoms. The van der Waals surface area contributed by atoms with E-state index in [0.29, 0.717) is 5.95 Å². The van der Waals surface area contributed by atoms with Gasteiger partial charge in [0.05, 0.1) is 17.5 Å². The number of halogens is 1. The molecule has 0 spiro atoms. The van der Waals surface area contributed by atoms with E-state index in [2.05, 4.69) is 43.0 Å². The summed E-state index contributed by atoms with van der Waals surface area (Å²) in [5.41, 5.74) is -0.153. The molecule has 2 heterocycles. The molecule has 0 fully saturated rings. The van der Waals surface area contributed by atoms with Crippen molar-refractivity contribution in [2.45, 2.75) is 19.4 Å². The van der Waals surface area contributed by atoms with Crippen LogP contribution in [0.25, 0.3) is 0 Å². The molecule has 1 radical (unpaired) electrons. The minimum Gasteiger partial charge on any atom is -0.388 e. The molecular weight excluding hydrogens is 345 g/mol. The third-order valence-electron chi connectivity index (χ3n) is 1.93. The molecule has 0 saturated carbocycles. The molecule has 0 aromatic carbocycles. The number of hydrogen-bond acceptors (Lipinski definition) is 5. The normalized spacial score (nSPS) is 11.6. The van der Waals surface area contributed by atoms with E-state index in [9.17, 15) is 5.11 Å². The SMILES string of the molecule is CC(C)(O)[CH]n1cc(Nc2ncc(I)cn2)cn1. The first kappa shape index (κ1) is 13.2. The first-order valence-electron chi connectivity index (χ1n) is 5.29. The maximum atomic E-state index is 9.64. The summed E-state index contributed by atoms with van der Waals surface area (Å²) in [6, 6.07) is 0. The van der Waals surface area contributed by atoms with E-state index in [1.807, 2.05) is 0 Å². The van der Waals surface area contributed by atoms with E-state index in [4.69, 9.17) is 0 Å². The second kappa shape index (κ2) is 5.19. The maximum absolute atomic E-state index is 9.64. The summed E-state index contributed by atoms with van der Waals surface area (Å²) in [4.78, 5) is 8.26. The van der Waals surface area contributed by atoms with Crippen molar-refractivity contribution in [3.8, 4) is 0 Å². The highest BCUT2D eigenvalue weighted by Crippen LogP contribution is 2.14. The molecule has 95 valence electrons. The predicted octanol–water partition coefficient (Wildman–Crippen LogP) is 1.80. The molecule has 0 amide bonds. The van der Waals surface area contributed by atoms with Gasteiger partial charge < -0.3 is 10.4 Å². The van der Waals surface area contributed by atoms with Crippen LogP contribution in [0, 0.1) is 10.1 Å². The third-order valence-corrected chi connectivity index (χ3v) is 2.48. The minimum atomic E-state index is -0.914. The van der Waals surface area contributed by atoms with Crippen LogP contribution in [0.4, 0.5) is 11.6 Å². The fourth-order valence-corrected chi connectivity index (χ4v) is 1.58. The van der Waals surface area contributed by atoms with Crippen LogP contribution >= 0.6 is 22.6 Å². The lowest BCUT2D eigenvalue weighted by atomic mass is 10.1. The van der Waals surface area contributed by atoms with Gasteiger partial charge in [0.2, 0.25) is 5.95 Å². The second-order valence-corrected chi connectivity index (χ2v) is 5.59. The Labute approximate surface area is 119 Å². The number of hydrogen-bond donors (Lipinski definition) is 2. The van der Waals surface area contributed by atoms with Gasteiger partial charge in [-0.2, -0.15) is 5.10 Å². The number of rotatable bonds is 4. The van der Waals surface area contributed by atoms with Gasteiger partial charge in [-0.05, 0) is 36.4 Å². The zero-order valence-electron chi connectivity index (χ0n) is 10.0. The number of anilines is 2. The lowest BCUT2D eigenvalue weighted by Gasteiger charge is -2.15. The molecule has 7 heteroatoms. The molecule has 2 aromatic heterocycles. The van der Waals surface area contributed by atoms with E-state index in [0.717, 1.165) is 9.26 Å². The van der Waals surface area contributed by atoms with Crippen LogP contribution in [-0.4, -0.2) is 30.5 Å². The van der Waals surface area contributed by atoms with Gasteiger partial charge in [0.1, 0.15) is 6.54 Å². The Morgan fingerprint density at radius 3 is 2.61 bits per heavy atom. The Kier molecular flexibility index (Phi) is 3.81. The zero-order chi connectivity index (χ0) is 13.2. The Hall–Kier alpha value is -1.22. The van der Waals surface area contributed by atoms with E-state index in [1.54, 1.807) is 49.9 Å². The monoisotopic (exact) mass is 358 g/mol. The van der Waals surface area contributed by atoms with Gasteiger partial charge in [0.15, 0.2) is 0 Å². The average Bonchev–Trinajstić information content (AvgIpc) is 2.66. The van der Waals surface area contributed by atoms with Gasteiger partial charge in [-0.1, -0.05) is 0 Å². The Balaban J connectivity index is 2.04. The van der Waals surface area contributed by atoms with Crippen molar-refractivity contribution in [3.63, 3.8) is 0 Å². The predicted molar refractivity (Wildman–Crippen MR) is 76.3 cm³/mol. The summed E-state index contributed by atoms with van der Waals surface area (Å²) >= 11 is 2.14. The lowest BCUT2D eigenvalue weighted by molar-refractivity contribution is 0.106. The smallest absolute Gasteiger partial charge is 0.227 e. The van der Waals surface area contributed by atoms with Crippen LogP contribution in [0.1, 0.15) is 13.8 Å². The van der Waals surface area contributed by atoms with Crippen molar-refractivity contribution in [2.24, 2.45) is 0 Å². The van der Waals surface area contributed by atoms with Crippen molar-refractivity contribution in [1.29, 1.82) is 0 Å². The topological polar surface area (TPSA) is 75.9 Å². The van der Waals surface area contributed by atoms with E-state index >= 15 is 0 Å². The largest absolute Gasteiger partial charge is 0.388 e. The molecule has 2 N–H and O–H groups in total. The second-order valence-electron chi connectivity index (χ2n) is 4.34. The highest BCUT2D eigenvalue weighted by molar-refractivity contribution is 14.1. The molecule has 0 atom stereocenters. The van der Waals surface area contributed by atoms with Gasteiger partial charge in [0, 0.05) is 22.2 Å². The fraction of sp³-hybridized carbons (Fsp3) is 0.273. The maximum Gasteiger partial charge on any atom is 0.227 e. The summed E-state index contributed by atoms with van der Waals surface area (Å²) in [6.07, 6.45) is 6.84. The molecule has 2 rings (SSSR count). The van der Waals surface area contributed by atoms with E-state index in [1.165, 1.54) is 0 Å². The highest BCUT2D eigenvalue weighted by Gasteiger charge is 2.15. The van der Waals surface area contributed by atoms with Crippen LogP contribution in [0.2, 0.25) is 0 Å². The van der Waals surface area contributed by atoms with Crippen LogP contribution in [0.5, 0.6) is 0 Å². The molecule has 0 aliphatic heterocycles. The first-order chi connectivity index (χ1) is 8.42. The van der Waals surface area contributed by atoms with Gasteiger partial charge in [-0.3, -0.25) is 4.68 Å². The Bertz CT molecular complexity index is 517. The summed E-state index contributed by atoms with van der Waals surface area (Å²) in [5.74, 6) is 0.512. The van der Waals surface area contributed by atoms with Crippen LogP contribution < -0.4 is 5.32 Å². The average molecular weight is 358 g/mol. The minimum absolute atomic E-state index is 0.512. The molecule has 0 aliphatic carbocycles. The van der Waals surface area contributed by atoms with Crippen molar-refractivity contribution >= 4 is 34.2 Å².